The summed E-state index contributed by atoms with van der Waals surface area (Å²) in [4.78, 5) is 11.1. The van der Waals surface area contributed by atoms with Crippen molar-refractivity contribution in [2.75, 3.05) is 11.4 Å². The van der Waals surface area contributed by atoms with Gasteiger partial charge in [-0.1, -0.05) is 6.07 Å². The van der Waals surface area contributed by atoms with E-state index in [1.165, 1.54) is 0 Å². The van der Waals surface area contributed by atoms with E-state index >= 15 is 0 Å². The molecule has 4 heteroatoms. The Kier molecular flexibility index (Phi) is 4.31. The molecule has 94 valence electrons. The van der Waals surface area contributed by atoms with Crippen LogP contribution in [0, 0.1) is 6.92 Å². The van der Waals surface area contributed by atoms with Crippen molar-refractivity contribution < 1.29 is 0 Å². The van der Waals surface area contributed by atoms with Crippen LogP contribution in [0.5, 0.6) is 0 Å². The van der Waals surface area contributed by atoms with Crippen LogP contribution in [-0.2, 0) is 6.54 Å². The molecule has 0 aliphatic rings. The van der Waals surface area contributed by atoms with E-state index in [-0.39, 0.29) is 0 Å². The second-order valence-corrected chi connectivity index (χ2v) is 5.01. The summed E-state index contributed by atoms with van der Waals surface area (Å²) >= 11 is 3.58. The average Bonchev–Trinajstić information content (AvgIpc) is 2.38. The number of anilines is 1. The summed E-state index contributed by atoms with van der Waals surface area (Å²) in [6.07, 6.45) is 3.71. The van der Waals surface area contributed by atoms with Crippen LogP contribution < -0.4 is 4.90 Å². The number of halogens is 1. The molecule has 0 aliphatic carbocycles. The summed E-state index contributed by atoms with van der Waals surface area (Å²) in [6, 6.07) is 8.06. The molecule has 0 atom stereocenters. The normalized spacial score (nSPS) is 10.4. The van der Waals surface area contributed by atoms with Gasteiger partial charge in [0, 0.05) is 18.9 Å². The fourth-order valence-electron chi connectivity index (χ4n) is 1.78. The van der Waals surface area contributed by atoms with Crippen LogP contribution in [0.3, 0.4) is 0 Å². The summed E-state index contributed by atoms with van der Waals surface area (Å²) in [7, 11) is 0. The van der Waals surface area contributed by atoms with E-state index in [0.29, 0.717) is 0 Å². The van der Waals surface area contributed by atoms with Crippen LogP contribution in [-0.4, -0.2) is 16.5 Å². The van der Waals surface area contributed by atoms with E-state index in [9.17, 15) is 0 Å². The van der Waals surface area contributed by atoms with Crippen molar-refractivity contribution in [3.63, 3.8) is 0 Å². The number of pyridine rings is 2. The second-order valence-electron chi connectivity index (χ2n) is 4.15. The van der Waals surface area contributed by atoms with Crippen molar-refractivity contribution in [3.8, 4) is 0 Å². The van der Waals surface area contributed by atoms with Gasteiger partial charge in [0.05, 0.1) is 16.7 Å². The van der Waals surface area contributed by atoms with Crippen molar-refractivity contribution in [2.24, 2.45) is 0 Å². The number of aromatic nitrogens is 2. The summed E-state index contributed by atoms with van der Waals surface area (Å²) in [5.41, 5.74) is 2.20. The zero-order valence-electron chi connectivity index (χ0n) is 10.6. The van der Waals surface area contributed by atoms with Crippen molar-refractivity contribution >= 4 is 21.7 Å². The third-order valence-corrected chi connectivity index (χ3v) is 3.30. The van der Waals surface area contributed by atoms with Gasteiger partial charge in [-0.15, -0.1) is 0 Å². The molecule has 0 spiro atoms. The Morgan fingerprint density at radius 1 is 1.28 bits per heavy atom. The molecule has 18 heavy (non-hydrogen) atoms. The fraction of sp³-hybridized carbons (Fsp3) is 0.286. The molecule has 2 heterocycles. The molecule has 0 fully saturated rings. The first-order valence-corrected chi connectivity index (χ1v) is 6.77. The Morgan fingerprint density at radius 3 is 2.72 bits per heavy atom. The number of hydrogen-bond donors (Lipinski definition) is 0. The Balaban J connectivity index is 2.23. The zero-order valence-corrected chi connectivity index (χ0v) is 12.2. The van der Waals surface area contributed by atoms with Gasteiger partial charge in [0.1, 0.15) is 5.82 Å². The number of hydrogen-bond acceptors (Lipinski definition) is 3. The fourth-order valence-corrected chi connectivity index (χ4v) is 2.50. The highest BCUT2D eigenvalue weighted by Gasteiger charge is 2.11. The largest absolute Gasteiger partial charge is 0.350 e. The van der Waals surface area contributed by atoms with Crippen LogP contribution >= 0.6 is 15.9 Å². The molecule has 0 amide bonds. The maximum absolute atomic E-state index is 4.50. The zero-order chi connectivity index (χ0) is 13.0. The SMILES string of the molecule is CCN(Cc1ccccn1)c1ncc(C)cc1Br. The van der Waals surface area contributed by atoms with E-state index in [4.69, 9.17) is 0 Å². The molecule has 2 rings (SSSR count). The standard InChI is InChI=1S/C14H16BrN3/c1-3-18(10-12-6-4-5-7-16-12)14-13(15)8-11(2)9-17-14/h4-9H,3,10H2,1-2H3. The lowest BCUT2D eigenvalue weighted by atomic mass is 10.3. The molecule has 0 saturated heterocycles. The maximum Gasteiger partial charge on any atom is 0.143 e. The van der Waals surface area contributed by atoms with Gasteiger partial charge in [-0.3, -0.25) is 4.98 Å². The molecule has 0 N–H and O–H groups in total. The Morgan fingerprint density at radius 2 is 2.11 bits per heavy atom. The van der Waals surface area contributed by atoms with Crippen molar-refractivity contribution in [2.45, 2.75) is 20.4 Å². The minimum Gasteiger partial charge on any atom is -0.350 e. The van der Waals surface area contributed by atoms with E-state index in [0.717, 1.165) is 34.6 Å². The van der Waals surface area contributed by atoms with E-state index in [1.807, 2.05) is 37.5 Å². The van der Waals surface area contributed by atoms with Crippen molar-refractivity contribution in [1.82, 2.24) is 9.97 Å². The van der Waals surface area contributed by atoms with Crippen molar-refractivity contribution in [1.29, 1.82) is 0 Å². The molecular formula is C14H16BrN3. The summed E-state index contributed by atoms with van der Waals surface area (Å²) in [6.45, 7) is 5.82. The highest BCUT2D eigenvalue weighted by Crippen LogP contribution is 2.25. The van der Waals surface area contributed by atoms with E-state index in [1.54, 1.807) is 0 Å². The van der Waals surface area contributed by atoms with Gasteiger partial charge in [-0.25, -0.2) is 4.98 Å². The molecule has 0 aliphatic heterocycles. The maximum atomic E-state index is 4.50. The second kappa shape index (κ2) is 5.96. The summed E-state index contributed by atoms with van der Waals surface area (Å²) < 4.78 is 1.03. The number of nitrogens with zero attached hydrogens (tertiary/aromatic N) is 3. The summed E-state index contributed by atoms with van der Waals surface area (Å²) in [5.74, 6) is 0.966. The summed E-state index contributed by atoms with van der Waals surface area (Å²) in [5, 5.41) is 0. The third kappa shape index (κ3) is 3.07. The first-order chi connectivity index (χ1) is 8.70. The predicted molar refractivity (Wildman–Crippen MR) is 77.6 cm³/mol. The van der Waals surface area contributed by atoms with Gasteiger partial charge in [0.2, 0.25) is 0 Å². The van der Waals surface area contributed by atoms with Gasteiger partial charge in [-0.2, -0.15) is 0 Å². The van der Waals surface area contributed by atoms with E-state index in [2.05, 4.69) is 43.8 Å². The Bertz CT molecular complexity index is 514. The van der Waals surface area contributed by atoms with Gasteiger partial charge >= 0.3 is 0 Å². The molecule has 0 saturated carbocycles. The highest BCUT2D eigenvalue weighted by molar-refractivity contribution is 9.10. The Hall–Kier alpha value is -1.42. The van der Waals surface area contributed by atoms with Gasteiger partial charge in [-0.05, 0) is 53.5 Å². The molecule has 2 aromatic heterocycles. The number of aryl methyl sites for hydroxylation is 1. The van der Waals surface area contributed by atoms with Crippen LogP contribution in [0.25, 0.3) is 0 Å². The quantitative estimate of drug-likeness (QED) is 0.864. The van der Waals surface area contributed by atoms with Crippen LogP contribution in [0.2, 0.25) is 0 Å². The van der Waals surface area contributed by atoms with E-state index < -0.39 is 0 Å². The molecule has 2 aromatic rings. The van der Waals surface area contributed by atoms with Crippen LogP contribution in [0.1, 0.15) is 18.2 Å². The van der Waals surface area contributed by atoms with Crippen LogP contribution in [0.4, 0.5) is 5.82 Å². The molecular weight excluding hydrogens is 290 g/mol. The van der Waals surface area contributed by atoms with Gasteiger partial charge < -0.3 is 4.90 Å². The van der Waals surface area contributed by atoms with Gasteiger partial charge in [0.25, 0.3) is 0 Å². The number of rotatable bonds is 4. The highest BCUT2D eigenvalue weighted by atomic mass is 79.9. The molecule has 0 bridgehead atoms. The van der Waals surface area contributed by atoms with Crippen LogP contribution in [0.15, 0.2) is 41.1 Å². The van der Waals surface area contributed by atoms with Crippen molar-refractivity contribution in [3.05, 3.63) is 52.4 Å². The molecule has 3 nitrogen and oxygen atoms in total. The molecule has 0 unspecified atom stereocenters. The first kappa shape index (κ1) is 13.0. The minimum absolute atomic E-state index is 0.770. The smallest absolute Gasteiger partial charge is 0.143 e. The third-order valence-electron chi connectivity index (χ3n) is 2.72. The Labute approximate surface area is 116 Å². The predicted octanol–water partition coefficient (Wildman–Crippen LogP) is 3.57. The average molecular weight is 306 g/mol. The molecule has 0 radical (unpaired) electrons. The monoisotopic (exact) mass is 305 g/mol. The lowest BCUT2D eigenvalue weighted by Gasteiger charge is -2.22. The first-order valence-electron chi connectivity index (χ1n) is 5.97. The molecule has 0 aromatic carbocycles. The lowest BCUT2D eigenvalue weighted by molar-refractivity contribution is 0.791. The van der Waals surface area contributed by atoms with Gasteiger partial charge in [0.15, 0.2) is 0 Å². The topological polar surface area (TPSA) is 29.0 Å². The lowest BCUT2D eigenvalue weighted by Crippen LogP contribution is -2.24. The minimum atomic E-state index is 0.770.